The van der Waals surface area contributed by atoms with Gasteiger partial charge in [-0.25, -0.2) is 9.97 Å². The first kappa shape index (κ1) is 11.5. The lowest BCUT2D eigenvalue weighted by atomic mass is 10.1. The predicted molar refractivity (Wildman–Crippen MR) is 69.6 cm³/mol. The molecule has 16 heavy (non-hydrogen) atoms. The molecule has 0 bridgehead atoms. The average molecular weight is 280 g/mol. The van der Waals surface area contributed by atoms with Crippen LogP contribution in [0.2, 0.25) is 0 Å². The lowest BCUT2D eigenvalue weighted by Gasteiger charge is -2.07. The van der Waals surface area contributed by atoms with Crippen molar-refractivity contribution in [3.8, 4) is 0 Å². The van der Waals surface area contributed by atoms with Crippen LogP contribution in [0.1, 0.15) is 11.5 Å². The van der Waals surface area contributed by atoms with Gasteiger partial charge in [0.05, 0.1) is 11.2 Å². The molecule has 0 fully saturated rings. The number of benzene rings is 1. The van der Waals surface area contributed by atoms with Gasteiger partial charge in [-0.05, 0) is 32.2 Å². The molecule has 0 spiro atoms. The number of hydrogen-bond donors (Lipinski definition) is 1. The van der Waals surface area contributed by atoms with Gasteiger partial charge in [-0.3, -0.25) is 0 Å². The summed E-state index contributed by atoms with van der Waals surface area (Å²) in [7, 11) is 1.95. The number of rotatable bonds is 3. The highest BCUT2D eigenvalue weighted by Gasteiger charge is 2.05. The van der Waals surface area contributed by atoms with Crippen molar-refractivity contribution in [3.05, 3.63) is 34.2 Å². The summed E-state index contributed by atoms with van der Waals surface area (Å²) < 4.78 is 1.07. The van der Waals surface area contributed by atoms with Gasteiger partial charge in [-0.1, -0.05) is 15.9 Å². The van der Waals surface area contributed by atoms with Crippen LogP contribution in [0.15, 0.2) is 22.7 Å². The highest BCUT2D eigenvalue weighted by atomic mass is 79.9. The summed E-state index contributed by atoms with van der Waals surface area (Å²) in [4.78, 5) is 8.94. The third-order valence-electron chi connectivity index (χ3n) is 2.46. The number of likely N-dealkylation sites (N-methyl/N-ethyl adjacent to an activating group) is 1. The molecule has 4 heteroatoms. The van der Waals surface area contributed by atoms with E-state index in [1.54, 1.807) is 0 Å². The van der Waals surface area contributed by atoms with Crippen molar-refractivity contribution in [3.63, 3.8) is 0 Å². The predicted octanol–water partition coefficient (Wildman–Crippen LogP) is 2.46. The maximum Gasteiger partial charge on any atom is 0.126 e. The zero-order valence-corrected chi connectivity index (χ0v) is 11.0. The van der Waals surface area contributed by atoms with Gasteiger partial charge in [0, 0.05) is 22.8 Å². The minimum Gasteiger partial charge on any atom is -0.319 e. The van der Waals surface area contributed by atoms with Gasteiger partial charge in [-0.15, -0.1) is 0 Å². The first-order valence-electron chi connectivity index (χ1n) is 5.28. The molecule has 0 amide bonds. The summed E-state index contributed by atoms with van der Waals surface area (Å²) in [5, 5.41) is 4.28. The van der Waals surface area contributed by atoms with Gasteiger partial charge in [0.1, 0.15) is 5.82 Å². The summed E-state index contributed by atoms with van der Waals surface area (Å²) in [6.45, 7) is 2.86. The van der Waals surface area contributed by atoms with Gasteiger partial charge in [0.2, 0.25) is 0 Å². The summed E-state index contributed by atoms with van der Waals surface area (Å²) in [5.74, 6) is 0.834. The molecule has 3 nitrogen and oxygen atoms in total. The Bertz CT molecular complexity index is 511. The lowest BCUT2D eigenvalue weighted by Crippen LogP contribution is -2.12. The fraction of sp³-hybridized carbons (Fsp3) is 0.333. The van der Waals surface area contributed by atoms with Gasteiger partial charge < -0.3 is 5.32 Å². The quantitative estimate of drug-likeness (QED) is 0.938. The molecule has 2 aromatic rings. The van der Waals surface area contributed by atoms with Crippen molar-refractivity contribution in [2.45, 2.75) is 13.3 Å². The maximum absolute atomic E-state index is 4.51. The van der Waals surface area contributed by atoms with E-state index in [1.165, 1.54) is 0 Å². The Labute approximate surface area is 103 Å². The fourth-order valence-electron chi connectivity index (χ4n) is 1.73. The summed E-state index contributed by atoms with van der Waals surface area (Å²) in [6.07, 6.45) is 0.923. The molecule has 0 aliphatic carbocycles. The molecule has 0 radical (unpaired) electrons. The third kappa shape index (κ3) is 2.39. The number of nitrogens with one attached hydrogen (secondary N) is 1. The molecule has 1 N–H and O–H groups in total. The van der Waals surface area contributed by atoms with E-state index in [1.807, 2.05) is 26.1 Å². The molecule has 2 rings (SSSR count). The van der Waals surface area contributed by atoms with Crippen molar-refractivity contribution in [2.75, 3.05) is 13.6 Å². The molecule has 0 saturated carbocycles. The van der Waals surface area contributed by atoms with Gasteiger partial charge in [0.15, 0.2) is 0 Å². The zero-order chi connectivity index (χ0) is 11.5. The smallest absolute Gasteiger partial charge is 0.126 e. The number of fused-ring (bicyclic) bond motifs is 1. The number of nitrogens with zero attached hydrogens (tertiary/aromatic N) is 2. The lowest BCUT2D eigenvalue weighted by molar-refractivity contribution is 0.775. The molecular formula is C12H14BrN3. The Morgan fingerprint density at radius 2 is 2.12 bits per heavy atom. The second-order valence-electron chi connectivity index (χ2n) is 3.73. The molecule has 0 unspecified atom stereocenters. The summed E-state index contributed by atoms with van der Waals surface area (Å²) in [5.41, 5.74) is 2.12. The highest BCUT2D eigenvalue weighted by Crippen LogP contribution is 2.21. The van der Waals surface area contributed by atoms with Gasteiger partial charge >= 0.3 is 0 Å². The second kappa shape index (κ2) is 4.89. The Morgan fingerprint density at radius 3 is 2.88 bits per heavy atom. The fourth-order valence-corrected chi connectivity index (χ4v) is 2.09. The normalized spacial score (nSPS) is 10.9. The topological polar surface area (TPSA) is 37.8 Å². The minimum absolute atomic E-state index is 0.834. The molecule has 1 aromatic heterocycles. The van der Waals surface area contributed by atoms with Crippen LogP contribution in [0.25, 0.3) is 10.9 Å². The van der Waals surface area contributed by atoms with Crippen molar-refractivity contribution in [1.82, 2.24) is 15.3 Å². The molecule has 0 atom stereocenters. The van der Waals surface area contributed by atoms with E-state index in [-0.39, 0.29) is 0 Å². The van der Waals surface area contributed by atoms with Gasteiger partial charge in [0.25, 0.3) is 0 Å². The third-order valence-corrected chi connectivity index (χ3v) is 2.95. The molecule has 1 aromatic carbocycles. The second-order valence-corrected chi connectivity index (χ2v) is 4.65. The van der Waals surface area contributed by atoms with E-state index >= 15 is 0 Å². The minimum atomic E-state index is 0.834. The summed E-state index contributed by atoms with van der Waals surface area (Å²) >= 11 is 3.48. The first-order valence-corrected chi connectivity index (χ1v) is 6.07. The number of hydrogen-bond acceptors (Lipinski definition) is 3. The van der Waals surface area contributed by atoms with Crippen molar-refractivity contribution in [2.24, 2.45) is 0 Å². The van der Waals surface area contributed by atoms with Gasteiger partial charge in [-0.2, -0.15) is 0 Å². The van der Waals surface area contributed by atoms with Crippen LogP contribution in [0.3, 0.4) is 0 Å². The number of aromatic nitrogens is 2. The monoisotopic (exact) mass is 279 g/mol. The first-order chi connectivity index (χ1) is 7.70. The van der Waals surface area contributed by atoms with Crippen LogP contribution >= 0.6 is 15.9 Å². The van der Waals surface area contributed by atoms with Crippen LogP contribution in [0.4, 0.5) is 0 Å². The zero-order valence-electron chi connectivity index (χ0n) is 9.42. The summed E-state index contributed by atoms with van der Waals surface area (Å²) in [6, 6.07) is 6.12. The van der Waals surface area contributed by atoms with Crippen LogP contribution < -0.4 is 5.32 Å². The molecule has 0 aliphatic rings. The Kier molecular flexibility index (Phi) is 3.51. The Morgan fingerprint density at radius 1 is 1.31 bits per heavy atom. The van der Waals surface area contributed by atoms with Crippen LogP contribution in [0, 0.1) is 6.92 Å². The SMILES string of the molecule is CNCCc1nc(C)nc2ccc(Br)cc12. The Hall–Kier alpha value is -1.000. The highest BCUT2D eigenvalue weighted by molar-refractivity contribution is 9.10. The van der Waals surface area contributed by atoms with E-state index in [0.717, 1.165) is 39.9 Å². The average Bonchev–Trinajstić information content (AvgIpc) is 2.26. The van der Waals surface area contributed by atoms with E-state index in [9.17, 15) is 0 Å². The largest absolute Gasteiger partial charge is 0.319 e. The standard InChI is InChI=1S/C12H14BrN3/c1-8-15-11-4-3-9(13)7-10(11)12(16-8)5-6-14-2/h3-4,7,14H,5-6H2,1-2H3. The number of halogens is 1. The van der Waals surface area contributed by atoms with Crippen molar-refractivity contribution >= 4 is 26.8 Å². The van der Waals surface area contributed by atoms with Crippen LogP contribution in [0.5, 0.6) is 0 Å². The van der Waals surface area contributed by atoms with Crippen LogP contribution in [-0.2, 0) is 6.42 Å². The number of aryl methyl sites for hydroxylation is 1. The van der Waals surface area contributed by atoms with Crippen molar-refractivity contribution < 1.29 is 0 Å². The molecule has 0 aliphatic heterocycles. The molecular weight excluding hydrogens is 266 g/mol. The van der Waals surface area contributed by atoms with E-state index < -0.39 is 0 Å². The molecule has 84 valence electrons. The molecule has 1 heterocycles. The van der Waals surface area contributed by atoms with Crippen LogP contribution in [-0.4, -0.2) is 23.6 Å². The maximum atomic E-state index is 4.51. The van der Waals surface area contributed by atoms with E-state index in [0.29, 0.717) is 0 Å². The molecule has 0 saturated heterocycles. The van der Waals surface area contributed by atoms with E-state index in [2.05, 4.69) is 37.3 Å². The van der Waals surface area contributed by atoms with Crippen molar-refractivity contribution in [1.29, 1.82) is 0 Å². The van der Waals surface area contributed by atoms with E-state index in [4.69, 9.17) is 0 Å². The Balaban J connectivity index is 2.55.